The summed E-state index contributed by atoms with van der Waals surface area (Å²) in [5, 5.41) is 9.94. The highest BCUT2D eigenvalue weighted by molar-refractivity contribution is 6.25. The van der Waals surface area contributed by atoms with Crippen molar-refractivity contribution in [2.45, 2.75) is 19.3 Å². The lowest BCUT2D eigenvalue weighted by Gasteiger charge is -2.21. The van der Waals surface area contributed by atoms with Crippen LogP contribution in [0.15, 0.2) is 146 Å². The van der Waals surface area contributed by atoms with E-state index in [1.165, 1.54) is 60.0 Å². The third-order valence-electron chi connectivity index (χ3n) is 10.4. The Morgan fingerprint density at radius 3 is 2.00 bits per heavy atom. The summed E-state index contributed by atoms with van der Waals surface area (Å²) >= 11 is 0. The Kier molecular flexibility index (Phi) is 5.37. The summed E-state index contributed by atoms with van der Waals surface area (Å²) in [7, 11) is 0. The molecule has 0 radical (unpaired) electrons. The molecule has 0 atom stereocenters. The molecule has 2 nitrogen and oxygen atoms in total. The van der Waals surface area contributed by atoms with E-state index in [0.717, 1.165) is 38.9 Å². The van der Waals surface area contributed by atoms with Crippen molar-refractivity contribution in [3.05, 3.63) is 157 Å². The first-order chi connectivity index (χ1) is 23.1. The van der Waals surface area contributed by atoms with Gasteiger partial charge in [0.15, 0.2) is 0 Å². The van der Waals surface area contributed by atoms with Gasteiger partial charge in [-0.1, -0.05) is 147 Å². The highest BCUT2D eigenvalue weighted by Gasteiger charge is 2.36. The Morgan fingerprint density at radius 2 is 1.13 bits per heavy atom. The minimum absolute atomic E-state index is 0.0488. The van der Waals surface area contributed by atoms with E-state index in [0.29, 0.717) is 0 Å². The van der Waals surface area contributed by atoms with Crippen molar-refractivity contribution in [3.8, 4) is 33.6 Å². The number of aromatic nitrogens is 2. The Hall–Kier alpha value is -5.86. The fourth-order valence-electron chi connectivity index (χ4n) is 8.10. The summed E-state index contributed by atoms with van der Waals surface area (Å²) in [6, 6.07) is 52.7. The average Bonchev–Trinajstić information content (AvgIpc) is 3.36. The minimum atomic E-state index is -0.0488. The number of hydrogen-bond donors (Lipinski definition) is 0. The molecule has 2 heteroatoms. The van der Waals surface area contributed by atoms with Crippen molar-refractivity contribution < 1.29 is 0 Å². The fraction of sp³-hybridized carbons (Fsp3) is 0.0667. The molecule has 8 aromatic carbocycles. The molecule has 0 spiro atoms. The summed E-state index contributed by atoms with van der Waals surface area (Å²) in [5.74, 6) is 0. The standard InChI is InChI=1S/C45H30N2/c1-45(2)36-15-9-8-14-35(36)41-37(45)24-21-29-17-16-28-18-19-31-26-32(20-23-33(31)39(28)40(29)41)43-42(30-11-4-3-5-12-30)46-38-25-22-27-10-6-7-13-34(27)44(38)47-43/h3-26H,1-2H3. The van der Waals surface area contributed by atoms with Crippen LogP contribution in [0.2, 0.25) is 0 Å². The Bertz CT molecular complexity index is 2760. The zero-order valence-corrected chi connectivity index (χ0v) is 26.3. The molecule has 220 valence electrons. The third-order valence-corrected chi connectivity index (χ3v) is 10.4. The van der Waals surface area contributed by atoms with E-state index < -0.39 is 0 Å². The molecule has 9 aromatic rings. The lowest BCUT2D eigenvalue weighted by atomic mass is 9.81. The molecule has 0 fully saturated rings. The number of fused-ring (bicyclic) bond motifs is 12. The predicted molar refractivity (Wildman–Crippen MR) is 198 cm³/mol. The first kappa shape index (κ1) is 26.4. The van der Waals surface area contributed by atoms with E-state index in [1.807, 2.05) is 6.07 Å². The fourth-order valence-corrected chi connectivity index (χ4v) is 8.10. The molecular formula is C45H30N2. The van der Waals surface area contributed by atoms with E-state index in [1.54, 1.807) is 0 Å². The average molecular weight is 599 g/mol. The summed E-state index contributed by atoms with van der Waals surface area (Å²) < 4.78 is 0. The van der Waals surface area contributed by atoms with Gasteiger partial charge in [0.2, 0.25) is 0 Å². The third kappa shape index (κ3) is 3.73. The molecule has 0 saturated heterocycles. The summed E-state index contributed by atoms with van der Waals surface area (Å²) in [6.07, 6.45) is 0. The molecule has 0 unspecified atom stereocenters. The topological polar surface area (TPSA) is 25.8 Å². The van der Waals surface area contributed by atoms with Gasteiger partial charge in [-0.15, -0.1) is 0 Å². The smallest absolute Gasteiger partial charge is 0.0973 e. The van der Waals surface area contributed by atoms with Crippen LogP contribution in [0.1, 0.15) is 25.0 Å². The van der Waals surface area contributed by atoms with Crippen LogP contribution in [0.5, 0.6) is 0 Å². The molecule has 1 aliphatic rings. The Balaban J connectivity index is 1.27. The monoisotopic (exact) mass is 598 g/mol. The van der Waals surface area contributed by atoms with Gasteiger partial charge in [-0.05, 0) is 72.1 Å². The zero-order valence-electron chi connectivity index (χ0n) is 26.3. The normalized spacial score (nSPS) is 13.5. The molecule has 0 amide bonds. The molecule has 1 heterocycles. The molecule has 0 aliphatic heterocycles. The summed E-state index contributed by atoms with van der Waals surface area (Å²) in [6.45, 7) is 4.72. The van der Waals surface area contributed by atoms with Crippen molar-refractivity contribution in [2.24, 2.45) is 0 Å². The SMILES string of the molecule is CC1(C)c2ccccc2-c2c1ccc1ccc3ccc4cc(-c5nc6c(ccc7ccccc76)nc5-c5ccccc5)ccc4c3c21. The van der Waals surface area contributed by atoms with Crippen LogP contribution >= 0.6 is 0 Å². The largest absolute Gasteiger partial charge is 0.244 e. The zero-order chi connectivity index (χ0) is 31.3. The predicted octanol–water partition coefficient (Wildman–Crippen LogP) is 11.9. The first-order valence-electron chi connectivity index (χ1n) is 16.3. The van der Waals surface area contributed by atoms with E-state index in [9.17, 15) is 0 Å². The van der Waals surface area contributed by atoms with Gasteiger partial charge in [-0.3, -0.25) is 0 Å². The number of hydrogen-bond acceptors (Lipinski definition) is 2. The maximum absolute atomic E-state index is 5.39. The number of rotatable bonds is 2. The quantitative estimate of drug-likeness (QED) is 0.185. The number of benzene rings is 8. The van der Waals surface area contributed by atoms with Gasteiger partial charge in [0, 0.05) is 21.9 Å². The molecule has 0 saturated carbocycles. The van der Waals surface area contributed by atoms with Gasteiger partial charge in [0.1, 0.15) is 0 Å². The molecular weight excluding hydrogens is 569 g/mol. The number of nitrogens with zero attached hydrogens (tertiary/aromatic N) is 2. The molecule has 0 N–H and O–H groups in total. The van der Waals surface area contributed by atoms with Crippen LogP contribution in [-0.2, 0) is 5.41 Å². The van der Waals surface area contributed by atoms with Gasteiger partial charge < -0.3 is 0 Å². The van der Waals surface area contributed by atoms with Crippen LogP contribution < -0.4 is 0 Å². The van der Waals surface area contributed by atoms with Crippen LogP contribution in [0.3, 0.4) is 0 Å². The first-order valence-corrected chi connectivity index (χ1v) is 16.3. The molecule has 1 aliphatic carbocycles. The van der Waals surface area contributed by atoms with Crippen LogP contribution in [0.25, 0.3) is 87.8 Å². The minimum Gasteiger partial charge on any atom is -0.244 e. The highest BCUT2D eigenvalue weighted by Crippen LogP contribution is 2.53. The van der Waals surface area contributed by atoms with Gasteiger partial charge in [-0.25, -0.2) is 9.97 Å². The van der Waals surface area contributed by atoms with E-state index in [-0.39, 0.29) is 5.41 Å². The van der Waals surface area contributed by atoms with Crippen molar-refractivity contribution >= 4 is 54.1 Å². The second-order valence-electron chi connectivity index (χ2n) is 13.4. The van der Waals surface area contributed by atoms with Crippen LogP contribution in [0.4, 0.5) is 0 Å². The van der Waals surface area contributed by atoms with Gasteiger partial charge in [0.05, 0.1) is 22.4 Å². The van der Waals surface area contributed by atoms with Crippen molar-refractivity contribution in [1.82, 2.24) is 9.97 Å². The second kappa shape index (κ2) is 9.57. The van der Waals surface area contributed by atoms with E-state index in [4.69, 9.17) is 9.97 Å². The van der Waals surface area contributed by atoms with Gasteiger partial charge in [-0.2, -0.15) is 0 Å². The Labute approximate surface area is 273 Å². The van der Waals surface area contributed by atoms with Gasteiger partial charge >= 0.3 is 0 Å². The highest BCUT2D eigenvalue weighted by atomic mass is 14.8. The molecule has 47 heavy (non-hydrogen) atoms. The van der Waals surface area contributed by atoms with Crippen LogP contribution in [0, 0.1) is 0 Å². The maximum atomic E-state index is 5.39. The molecule has 0 bridgehead atoms. The molecule has 1 aromatic heterocycles. The summed E-state index contributed by atoms with van der Waals surface area (Å²) in [5.41, 5.74) is 11.2. The molecule has 10 rings (SSSR count). The van der Waals surface area contributed by atoms with E-state index in [2.05, 4.69) is 153 Å². The van der Waals surface area contributed by atoms with Gasteiger partial charge in [0.25, 0.3) is 0 Å². The van der Waals surface area contributed by atoms with Crippen molar-refractivity contribution in [2.75, 3.05) is 0 Å². The van der Waals surface area contributed by atoms with E-state index >= 15 is 0 Å². The van der Waals surface area contributed by atoms with Crippen molar-refractivity contribution in [3.63, 3.8) is 0 Å². The summed E-state index contributed by atoms with van der Waals surface area (Å²) in [4.78, 5) is 10.6. The Morgan fingerprint density at radius 1 is 0.447 bits per heavy atom. The lowest BCUT2D eigenvalue weighted by molar-refractivity contribution is 0.661. The lowest BCUT2D eigenvalue weighted by Crippen LogP contribution is -2.14. The maximum Gasteiger partial charge on any atom is 0.0973 e. The van der Waals surface area contributed by atoms with Crippen LogP contribution in [-0.4, -0.2) is 9.97 Å². The second-order valence-corrected chi connectivity index (χ2v) is 13.4. The van der Waals surface area contributed by atoms with Crippen molar-refractivity contribution in [1.29, 1.82) is 0 Å².